The summed E-state index contributed by atoms with van der Waals surface area (Å²) in [5.41, 5.74) is 3.51. The molecule has 28 heavy (non-hydrogen) atoms. The molecule has 1 fully saturated rings. The SMILES string of the molecule is [B]c1ccccc1C(=O)Nc1cnc2[nH]c(CNC3CCCCC3C)cc2c1. The van der Waals surface area contributed by atoms with E-state index in [0.29, 0.717) is 22.8 Å². The zero-order chi connectivity index (χ0) is 19.5. The van der Waals surface area contributed by atoms with Crippen molar-refractivity contribution < 1.29 is 4.79 Å². The summed E-state index contributed by atoms with van der Waals surface area (Å²) in [6.07, 6.45) is 6.87. The number of hydrogen-bond acceptors (Lipinski definition) is 3. The fourth-order valence-electron chi connectivity index (χ4n) is 4.00. The highest BCUT2D eigenvalue weighted by atomic mass is 16.1. The Morgan fingerprint density at radius 3 is 2.89 bits per heavy atom. The number of anilines is 1. The van der Waals surface area contributed by atoms with Gasteiger partial charge in [0.15, 0.2) is 0 Å². The lowest BCUT2D eigenvalue weighted by Gasteiger charge is -2.29. The van der Waals surface area contributed by atoms with E-state index >= 15 is 0 Å². The smallest absolute Gasteiger partial charge is 0.255 e. The molecule has 1 amide bonds. The van der Waals surface area contributed by atoms with E-state index < -0.39 is 0 Å². The second kappa shape index (κ2) is 8.19. The first-order valence-corrected chi connectivity index (χ1v) is 9.97. The summed E-state index contributed by atoms with van der Waals surface area (Å²) in [5, 5.41) is 7.54. The van der Waals surface area contributed by atoms with E-state index in [1.54, 1.807) is 24.4 Å². The van der Waals surface area contributed by atoms with Crippen LogP contribution in [0.2, 0.25) is 0 Å². The minimum atomic E-state index is -0.233. The quantitative estimate of drug-likeness (QED) is 0.602. The number of amides is 1. The van der Waals surface area contributed by atoms with Crippen LogP contribution < -0.4 is 16.1 Å². The number of aromatic amines is 1. The number of carbonyl (C=O) groups excluding carboxylic acids is 1. The lowest BCUT2D eigenvalue weighted by atomic mass is 9.86. The van der Waals surface area contributed by atoms with Gasteiger partial charge < -0.3 is 15.6 Å². The maximum atomic E-state index is 12.4. The summed E-state index contributed by atoms with van der Waals surface area (Å²) < 4.78 is 0. The summed E-state index contributed by atoms with van der Waals surface area (Å²) in [5.74, 6) is 0.492. The molecule has 3 N–H and O–H groups in total. The molecular weight excluding hydrogens is 347 g/mol. The Morgan fingerprint density at radius 2 is 2.07 bits per heavy atom. The molecule has 0 aliphatic heterocycles. The van der Waals surface area contributed by atoms with Crippen molar-refractivity contribution in [3.8, 4) is 0 Å². The fraction of sp³-hybridized carbons (Fsp3) is 0.364. The maximum Gasteiger partial charge on any atom is 0.255 e. The Balaban J connectivity index is 1.44. The number of benzene rings is 1. The van der Waals surface area contributed by atoms with Crippen LogP contribution in [0.1, 0.15) is 48.7 Å². The largest absolute Gasteiger partial charge is 0.342 e. The average molecular weight is 372 g/mol. The van der Waals surface area contributed by atoms with Gasteiger partial charge in [0, 0.05) is 29.2 Å². The van der Waals surface area contributed by atoms with Gasteiger partial charge in [-0.15, -0.1) is 0 Å². The van der Waals surface area contributed by atoms with E-state index in [1.165, 1.54) is 25.7 Å². The summed E-state index contributed by atoms with van der Waals surface area (Å²) in [6, 6.07) is 11.6. The Morgan fingerprint density at radius 1 is 1.25 bits per heavy atom. The lowest BCUT2D eigenvalue weighted by molar-refractivity contribution is 0.102. The zero-order valence-electron chi connectivity index (χ0n) is 16.2. The van der Waals surface area contributed by atoms with Gasteiger partial charge in [-0.25, -0.2) is 4.98 Å². The van der Waals surface area contributed by atoms with Gasteiger partial charge in [-0.1, -0.05) is 49.5 Å². The van der Waals surface area contributed by atoms with Gasteiger partial charge >= 0.3 is 0 Å². The van der Waals surface area contributed by atoms with Crippen molar-refractivity contribution in [1.82, 2.24) is 15.3 Å². The van der Waals surface area contributed by atoms with Crippen LogP contribution in [0, 0.1) is 5.92 Å². The molecule has 5 nitrogen and oxygen atoms in total. The molecule has 0 spiro atoms. The highest BCUT2D eigenvalue weighted by Crippen LogP contribution is 2.24. The molecule has 0 bridgehead atoms. The standard InChI is InChI=1S/C22H25BN4O/c1-14-6-2-5-9-20(14)24-12-16-10-15-11-17(13-25-21(15)26-16)27-22(28)18-7-3-4-8-19(18)23/h3-4,7-8,10-11,13-14,20,24H,2,5-6,9,12H2,1H3,(H,25,26)(H,27,28). The van der Waals surface area contributed by atoms with Gasteiger partial charge in [0.05, 0.1) is 11.9 Å². The van der Waals surface area contributed by atoms with Gasteiger partial charge in [-0.3, -0.25) is 4.79 Å². The summed E-state index contributed by atoms with van der Waals surface area (Å²) in [4.78, 5) is 20.3. The molecule has 2 aromatic heterocycles. The highest BCUT2D eigenvalue weighted by molar-refractivity contribution is 6.37. The average Bonchev–Trinajstić information content (AvgIpc) is 3.10. The summed E-state index contributed by atoms with van der Waals surface area (Å²) in [7, 11) is 5.89. The van der Waals surface area contributed by atoms with Gasteiger partial charge in [0.1, 0.15) is 13.5 Å². The fourth-order valence-corrected chi connectivity index (χ4v) is 4.00. The van der Waals surface area contributed by atoms with Crippen LogP contribution in [-0.4, -0.2) is 29.8 Å². The van der Waals surface area contributed by atoms with Gasteiger partial charge in [-0.2, -0.15) is 0 Å². The van der Waals surface area contributed by atoms with E-state index in [0.717, 1.165) is 29.2 Å². The number of nitrogens with one attached hydrogen (secondary N) is 3. The molecule has 0 saturated heterocycles. The van der Waals surface area contributed by atoms with Crippen molar-refractivity contribution in [2.75, 3.05) is 5.32 Å². The third kappa shape index (κ3) is 4.12. The predicted molar refractivity (Wildman–Crippen MR) is 114 cm³/mol. The highest BCUT2D eigenvalue weighted by Gasteiger charge is 2.20. The molecule has 2 unspecified atom stereocenters. The Kier molecular flexibility index (Phi) is 5.48. The molecule has 142 valence electrons. The van der Waals surface area contributed by atoms with E-state index in [4.69, 9.17) is 7.85 Å². The van der Waals surface area contributed by atoms with Crippen LogP contribution >= 0.6 is 0 Å². The van der Waals surface area contributed by atoms with Crippen molar-refractivity contribution in [1.29, 1.82) is 0 Å². The van der Waals surface area contributed by atoms with Crippen LogP contribution in [0.3, 0.4) is 0 Å². The van der Waals surface area contributed by atoms with Crippen molar-refractivity contribution in [2.45, 2.75) is 45.2 Å². The summed E-state index contributed by atoms with van der Waals surface area (Å²) >= 11 is 0. The van der Waals surface area contributed by atoms with Crippen LogP contribution in [0.4, 0.5) is 5.69 Å². The minimum Gasteiger partial charge on any atom is -0.342 e. The van der Waals surface area contributed by atoms with E-state index in [1.807, 2.05) is 12.1 Å². The Bertz CT molecular complexity index is 984. The summed E-state index contributed by atoms with van der Waals surface area (Å²) in [6.45, 7) is 3.13. The first-order valence-electron chi connectivity index (χ1n) is 9.97. The monoisotopic (exact) mass is 372 g/mol. The van der Waals surface area contributed by atoms with Crippen LogP contribution in [0.15, 0.2) is 42.6 Å². The zero-order valence-corrected chi connectivity index (χ0v) is 16.2. The van der Waals surface area contributed by atoms with E-state index in [-0.39, 0.29) is 5.91 Å². The first-order chi connectivity index (χ1) is 13.6. The minimum absolute atomic E-state index is 0.233. The number of aromatic nitrogens is 2. The van der Waals surface area contributed by atoms with Crippen LogP contribution in [-0.2, 0) is 6.54 Å². The number of H-pyrrole nitrogens is 1. The molecule has 3 aromatic rings. The third-order valence-corrected chi connectivity index (χ3v) is 5.66. The van der Waals surface area contributed by atoms with E-state index in [9.17, 15) is 4.79 Å². The third-order valence-electron chi connectivity index (χ3n) is 5.66. The molecule has 1 saturated carbocycles. The van der Waals surface area contributed by atoms with Crippen molar-refractivity contribution in [3.05, 3.63) is 53.9 Å². The molecule has 1 aliphatic rings. The molecule has 1 aliphatic carbocycles. The van der Waals surface area contributed by atoms with Crippen LogP contribution in [0.25, 0.3) is 11.0 Å². The van der Waals surface area contributed by atoms with Crippen molar-refractivity contribution in [3.63, 3.8) is 0 Å². The van der Waals surface area contributed by atoms with Gasteiger partial charge in [-0.05, 0) is 30.9 Å². The van der Waals surface area contributed by atoms with Crippen LogP contribution in [0.5, 0.6) is 0 Å². The topological polar surface area (TPSA) is 69.8 Å². The number of carbonyl (C=O) groups is 1. The number of nitrogens with zero attached hydrogens (tertiary/aromatic N) is 1. The predicted octanol–water partition coefficient (Wildman–Crippen LogP) is 3.28. The van der Waals surface area contributed by atoms with Gasteiger partial charge in [0.25, 0.3) is 5.91 Å². The molecular formula is C22H25BN4O. The molecule has 4 rings (SSSR count). The molecule has 2 radical (unpaired) electrons. The van der Waals surface area contributed by atoms with Gasteiger partial charge in [0.2, 0.25) is 0 Å². The number of hydrogen-bond donors (Lipinski definition) is 3. The van der Waals surface area contributed by atoms with E-state index in [2.05, 4.69) is 33.6 Å². The van der Waals surface area contributed by atoms with Crippen molar-refractivity contribution in [2.24, 2.45) is 5.92 Å². The molecule has 6 heteroatoms. The maximum absolute atomic E-state index is 12.4. The number of rotatable bonds is 5. The molecule has 2 heterocycles. The number of fused-ring (bicyclic) bond motifs is 1. The second-order valence-electron chi connectivity index (χ2n) is 7.75. The van der Waals surface area contributed by atoms with Crippen molar-refractivity contribution >= 4 is 35.9 Å². The Hall–Kier alpha value is -2.60. The molecule has 2 atom stereocenters. The first kappa shape index (κ1) is 18.8. The normalized spacial score (nSPS) is 19.6. The second-order valence-corrected chi connectivity index (χ2v) is 7.75. The molecule has 1 aromatic carbocycles. The Labute approximate surface area is 166 Å². The number of pyridine rings is 1. The lowest BCUT2D eigenvalue weighted by Crippen LogP contribution is -2.36.